The van der Waals surface area contributed by atoms with Gasteiger partial charge in [0.05, 0.1) is 11.7 Å². The zero-order chi connectivity index (χ0) is 12.4. The fraction of sp³-hybridized carbons (Fsp3) is 0.308. The summed E-state index contributed by atoms with van der Waals surface area (Å²) in [6.45, 7) is 4.58. The molecular formula is C13H16BrN3. The summed E-state index contributed by atoms with van der Waals surface area (Å²) in [5.74, 6) is 0. The third kappa shape index (κ3) is 2.42. The highest BCUT2D eigenvalue weighted by molar-refractivity contribution is 9.10. The lowest BCUT2D eigenvalue weighted by atomic mass is 10.1. The summed E-state index contributed by atoms with van der Waals surface area (Å²) in [4.78, 5) is 0. The fourth-order valence-corrected chi connectivity index (χ4v) is 2.61. The number of nitrogens with zero attached hydrogens (tertiary/aromatic N) is 2. The Kier molecular flexibility index (Phi) is 3.64. The Morgan fingerprint density at radius 1 is 1.35 bits per heavy atom. The van der Waals surface area contributed by atoms with Crippen LogP contribution in [0.3, 0.4) is 0 Å². The molecule has 90 valence electrons. The third-order valence-electron chi connectivity index (χ3n) is 2.83. The van der Waals surface area contributed by atoms with Crippen molar-refractivity contribution >= 4 is 15.9 Å². The van der Waals surface area contributed by atoms with Crippen LogP contribution in [-0.2, 0) is 0 Å². The Morgan fingerprint density at radius 3 is 2.59 bits per heavy atom. The first-order chi connectivity index (χ1) is 8.13. The van der Waals surface area contributed by atoms with Crippen LogP contribution < -0.4 is 5.73 Å². The number of halogens is 1. The van der Waals surface area contributed by atoms with Crippen molar-refractivity contribution in [1.29, 1.82) is 0 Å². The molecule has 0 radical (unpaired) electrons. The van der Waals surface area contributed by atoms with E-state index >= 15 is 0 Å². The van der Waals surface area contributed by atoms with Gasteiger partial charge in [0, 0.05) is 16.7 Å². The van der Waals surface area contributed by atoms with E-state index in [2.05, 4.69) is 40.1 Å². The van der Waals surface area contributed by atoms with E-state index in [4.69, 9.17) is 5.73 Å². The van der Waals surface area contributed by atoms with Gasteiger partial charge < -0.3 is 5.73 Å². The van der Waals surface area contributed by atoms with Crippen molar-refractivity contribution in [2.75, 3.05) is 6.54 Å². The molecule has 0 aliphatic heterocycles. The maximum atomic E-state index is 5.90. The van der Waals surface area contributed by atoms with Crippen molar-refractivity contribution in [3.05, 3.63) is 51.8 Å². The second-order valence-corrected chi connectivity index (χ2v) is 5.00. The smallest absolute Gasteiger partial charge is 0.0904 e. The van der Waals surface area contributed by atoms with Crippen molar-refractivity contribution in [2.24, 2.45) is 5.73 Å². The van der Waals surface area contributed by atoms with E-state index < -0.39 is 0 Å². The Hall–Kier alpha value is -1.13. The number of aryl methyl sites for hydroxylation is 2. The van der Waals surface area contributed by atoms with Crippen LogP contribution in [0.4, 0.5) is 0 Å². The zero-order valence-corrected chi connectivity index (χ0v) is 11.6. The molecule has 2 rings (SSSR count). The van der Waals surface area contributed by atoms with E-state index in [1.165, 1.54) is 5.56 Å². The second kappa shape index (κ2) is 5.02. The van der Waals surface area contributed by atoms with Crippen molar-refractivity contribution in [3.63, 3.8) is 0 Å². The summed E-state index contributed by atoms with van der Waals surface area (Å²) in [6.07, 6.45) is 0. The molecule has 0 saturated carbocycles. The number of hydrogen-bond donors (Lipinski definition) is 1. The first-order valence-electron chi connectivity index (χ1n) is 5.60. The molecule has 0 fully saturated rings. The molecule has 0 bridgehead atoms. The highest BCUT2D eigenvalue weighted by Crippen LogP contribution is 2.26. The van der Waals surface area contributed by atoms with Crippen molar-refractivity contribution < 1.29 is 0 Å². The van der Waals surface area contributed by atoms with Gasteiger partial charge in [-0.3, -0.25) is 4.68 Å². The average Bonchev–Trinajstić information content (AvgIpc) is 2.62. The van der Waals surface area contributed by atoms with Crippen LogP contribution in [0.15, 0.2) is 34.8 Å². The fourth-order valence-electron chi connectivity index (χ4n) is 2.07. The highest BCUT2D eigenvalue weighted by atomic mass is 79.9. The summed E-state index contributed by atoms with van der Waals surface area (Å²) in [5.41, 5.74) is 9.22. The van der Waals surface area contributed by atoms with E-state index in [9.17, 15) is 0 Å². The molecule has 0 amide bonds. The first kappa shape index (κ1) is 12.3. The third-order valence-corrected chi connectivity index (χ3v) is 3.55. The van der Waals surface area contributed by atoms with E-state index in [-0.39, 0.29) is 6.04 Å². The average molecular weight is 294 g/mol. The summed E-state index contributed by atoms with van der Waals surface area (Å²) >= 11 is 3.57. The minimum absolute atomic E-state index is 0.0827. The van der Waals surface area contributed by atoms with Gasteiger partial charge in [0.15, 0.2) is 0 Å². The Morgan fingerprint density at radius 2 is 2.06 bits per heavy atom. The van der Waals surface area contributed by atoms with Gasteiger partial charge in [0.1, 0.15) is 0 Å². The number of aromatic nitrogens is 2. The minimum Gasteiger partial charge on any atom is -0.328 e. The van der Waals surface area contributed by atoms with Gasteiger partial charge in [0.2, 0.25) is 0 Å². The second-order valence-electron chi connectivity index (χ2n) is 4.14. The monoisotopic (exact) mass is 293 g/mol. The molecule has 1 aromatic heterocycles. The molecule has 2 aromatic rings. The molecule has 2 N–H and O–H groups in total. The number of rotatable bonds is 3. The summed E-state index contributed by atoms with van der Waals surface area (Å²) < 4.78 is 3.07. The maximum absolute atomic E-state index is 5.90. The van der Waals surface area contributed by atoms with Gasteiger partial charge in [-0.1, -0.05) is 34.1 Å². The topological polar surface area (TPSA) is 43.8 Å². The van der Waals surface area contributed by atoms with Crippen LogP contribution in [0.25, 0.3) is 0 Å². The molecule has 1 aromatic carbocycles. The van der Waals surface area contributed by atoms with Crippen molar-refractivity contribution in [2.45, 2.75) is 19.9 Å². The predicted molar refractivity (Wildman–Crippen MR) is 73.0 cm³/mol. The zero-order valence-electron chi connectivity index (χ0n) is 10.0. The van der Waals surface area contributed by atoms with Crippen molar-refractivity contribution in [3.8, 4) is 0 Å². The van der Waals surface area contributed by atoms with E-state index in [0.29, 0.717) is 6.54 Å². The summed E-state index contributed by atoms with van der Waals surface area (Å²) in [5, 5.41) is 4.51. The number of nitrogens with two attached hydrogens (primary N) is 1. The van der Waals surface area contributed by atoms with E-state index in [1.807, 2.05) is 29.8 Å². The van der Waals surface area contributed by atoms with Gasteiger partial charge in [-0.2, -0.15) is 5.10 Å². The van der Waals surface area contributed by atoms with Crippen LogP contribution >= 0.6 is 15.9 Å². The van der Waals surface area contributed by atoms with E-state index in [1.54, 1.807) is 0 Å². The molecule has 1 unspecified atom stereocenters. The van der Waals surface area contributed by atoms with Gasteiger partial charge in [-0.15, -0.1) is 0 Å². The van der Waals surface area contributed by atoms with Crippen molar-refractivity contribution in [1.82, 2.24) is 9.78 Å². The lowest BCUT2D eigenvalue weighted by Gasteiger charge is -2.19. The van der Waals surface area contributed by atoms with E-state index in [0.717, 1.165) is 15.9 Å². The molecule has 0 aliphatic rings. The van der Waals surface area contributed by atoms with Gasteiger partial charge in [-0.05, 0) is 31.5 Å². The molecule has 17 heavy (non-hydrogen) atoms. The molecule has 0 spiro atoms. The number of hydrogen-bond acceptors (Lipinski definition) is 2. The molecule has 0 saturated heterocycles. The largest absolute Gasteiger partial charge is 0.328 e. The van der Waals surface area contributed by atoms with Crippen LogP contribution in [0.5, 0.6) is 0 Å². The normalized spacial score (nSPS) is 12.7. The van der Waals surface area contributed by atoms with Crippen LogP contribution in [0.1, 0.15) is 23.0 Å². The van der Waals surface area contributed by atoms with Crippen LogP contribution in [0, 0.1) is 13.8 Å². The quantitative estimate of drug-likeness (QED) is 0.946. The van der Waals surface area contributed by atoms with Crippen LogP contribution in [0.2, 0.25) is 0 Å². The molecule has 0 aliphatic carbocycles. The molecule has 1 atom stereocenters. The molecular weight excluding hydrogens is 278 g/mol. The first-order valence-corrected chi connectivity index (χ1v) is 6.40. The molecule has 3 nitrogen and oxygen atoms in total. The number of benzene rings is 1. The standard InChI is InChI=1S/C13H16BrN3/c1-9-7-10(2)17(16-9)13(8-15)11-5-3-4-6-12(11)14/h3-7,13H,8,15H2,1-2H3. The molecule has 1 heterocycles. The summed E-state index contributed by atoms with van der Waals surface area (Å²) in [7, 11) is 0. The lowest BCUT2D eigenvalue weighted by Crippen LogP contribution is -2.22. The maximum Gasteiger partial charge on any atom is 0.0904 e. The van der Waals surface area contributed by atoms with Crippen LogP contribution in [-0.4, -0.2) is 16.3 Å². The van der Waals surface area contributed by atoms with Gasteiger partial charge in [-0.25, -0.2) is 0 Å². The lowest BCUT2D eigenvalue weighted by molar-refractivity contribution is 0.515. The Labute approximate surface area is 110 Å². The van der Waals surface area contributed by atoms with Gasteiger partial charge >= 0.3 is 0 Å². The Bertz CT molecular complexity index is 519. The van der Waals surface area contributed by atoms with Gasteiger partial charge in [0.25, 0.3) is 0 Å². The highest BCUT2D eigenvalue weighted by Gasteiger charge is 2.17. The predicted octanol–water partition coefficient (Wildman–Crippen LogP) is 2.81. The molecule has 4 heteroatoms. The Balaban J connectivity index is 2.47. The summed E-state index contributed by atoms with van der Waals surface area (Å²) in [6, 6.07) is 10.3. The SMILES string of the molecule is Cc1cc(C)n(C(CN)c2ccccc2Br)n1. The minimum atomic E-state index is 0.0827.